The van der Waals surface area contributed by atoms with Gasteiger partial charge < -0.3 is 16.4 Å². The Morgan fingerprint density at radius 3 is 2.31 bits per heavy atom. The van der Waals surface area contributed by atoms with Crippen molar-refractivity contribution in [2.45, 2.75) is 13.0 Å². The molecule has 9 heteroatoms. The molecule has 2 aromatic carbocycles. The van der Waals surface area contributed by atoms with E-state index < -0.39 is 35.3 Å². The normalized spacial score (nSPS) is 13.3. The number of urea groups is 1. The van der Waals surface area contributed by atoms with E-state index in [1.54, 1.807) is 0 Å². The first-order valence-electron chi connectivity index (χ1n) is 7.61. The summed E-state index contributed by atoms with van der Waals surface area (Å²) in [6.45, 7) is 0.0553. The molecule has 2 aromatic rings. The van der Waals surface area contributed by atoms with E-state index in [1.165, 1.54) is 11.0 Å². The Labute approximate surface area is 145 Å². The van der Waals surface area contributed by atoms with Crippen LogP contribution in [0, 0.1) is 23.3 Å². The maximum atomic E-state index is 14.2. The number of aliphatic imine (C=N–C) groups is 1. The molecule has 0 saturated heterocycles. The minimum atomic E-state index is -1.33. The molecule has 0 radical (unpaired) electrons. The zero-order chi connectivity index (χ0) is 19.0. The summed E-state index contributed by atoms with van der Waals surface area (Å²) in [5.41, 5.74) is 10.9. The van der Waals surface area contributed by atoms with Gasteiger partial charge in [-0.2, -0.15) is 4.99 Å². The number of halogens is 4. The molecule has 3 rings (SSSR count). The van der Waals surface area contributed by atoms with Crippen molar-refractivity contribution in [3.8, 4) is 11.1 Å². The highest BCUT2D eigenvalue weighted by Gasteiger charge is 2.26. The number of hydrogen-bond donors (Lipinski definition) is 2. The van der Waals surface area contributed by atoms with Crippen molar-refractivity contribution < 1.29 is 22.4 Å². The third kappa shape index (κ3) is 3.19. The Kier molecular flexibility index (Phi) is 4.54. The standard InChI is InChI=1S/C17H14F4N4O/c18-12-2-1-8(10-5-14(20)15(21)6-13(10)19)11-7-25(4-3-9(11)12)17(26)24-16(22)23/h1-2,5-6H,3-4,7H2,(H4,22,23,24,26). The highest BCUT2D eigenvalue weighted by Crippen LogP contribution is 2.34. The van der Waals surface area contributed by atoms with Gasteiger partial charge in [-0.25, -0.2) is 22.4 Å². The lowest BCUT2D eigenvalue weighted by atomic mass is 9.90. The Morgan fingerprint density at radius 2 is 1.62 bits per heavy atom. The number of carbonyl (C=O) groups is 1. The van der Waals surface area contributed by atoms with E-state index in [9.17, 15) is 22.4 Å². The maximum Gasteiger partial charge on any atom is 0.347 e. The molecular weight excluding hydrogens is 352 g/mol. The summed E-state index contributed by atoms with van der Waals surface area (Å²) >= 11 is 0. The lowest BCUT2D eigenvalue weighted by Gasteiger charge is -2.29. The molecule has 0 spiro atoms. The molecule has 1 aliphatic rings. The molecule has 0 fully saturated rings. The van der Waals surface area contributed by atoms with Crippen molar-refractivity contribution in [3.63, 3.8) is 0 Å². The number of benzene rings is 2. The van der Waals surface area contributed by atoms with E-state index in [0.717, 1.165) is 6.07 Å². The Morgan fingerprint density at radius 1 is 0.923 bits per heavy atom. The molecule has 26 heavy (non-hydrogen) atoms. The number of hydrogen-bond acceptors (Lipinski definition) is 1. The molecule has 2 amide bonds. The lowest BCUT2D eigenvalue weighted by molar-refractivity contribution is 0.202. The Bertz CT molecular complexity index is 925. The quantitative estimate of drug-likeness (QED) is 0.352. The smallest absolute Gasteiger partial charge is 0.347 e. The molecule has 0 atom stereocenters. The van der Waals surface area contributed by atoms with Gasteiger partial charge >= 0.3 is 6.03 Å². The number of guanidine groups is 1. The fraction of sp³-hybridized carbons (Fsp3) is 0.176. The van der Waals surface area contributed by atoms with Crippen LogP contribution >= 0.6 is 0 Å². The van der Waals surface area contributed by atoms with Crippen LogP contribution in [0.3, 0.4) is 0 Å². The number of amides is 2. The molecule has 136 valence electrons. The molecule has 0 bridgehead atoms. The second-order valence-electron chi connectivity index (χ2n) is 5.79. The van der Waals surface area contributed by atoms with Crippen molar-refractivity contribution in [2.24, 2.45) is 16.5 Å². The van der Waals surface area contributed by atoms with Gasteiger partial charge in [-0.15, -0.1) is 0 Å². The first-order chi connectivity index (χ1) is 12.3. The minimum Gasteiger partial charge on any atom is -0.370 e. The van der Waals surface area contributed by atoms with E-state index in [1.807, 2.05) is 0 Å². The summed E-state index contributed by atoms with van der Waals surface area (Å²) in [7, 11) is 0. The molecule has 0 unspecified atom stereocenters. The van der Waals surface area contributed by atoms with Crippen LogP contribution in [0.2, 0.25) is 0 Å². The van der Waals surface area contributed by atoms with E-state index in [2.05, 4.69) is 4.99 Å². The summed E-state index contributed by atoms with van der Waals surface area (Å²) in [6, 6.07) is 2.79. The summed E-state index contributed by atoms with van der Waals surface area (Å²) in [5, 5.41) is 0. The minimum absolute atomic E-state index is 0.101. The van der Waals surface area contributed by atoms with Gasteiger partial charge in [-0.1, -0.05) is 6.07 Å². The van der Waals surface area contributed by atoms with Gasteiger partial charge in [0, 0.05) is 24.7 Å². The molecule has 0 saturated carbocycles. The van der Waals surface area contributed by atoms with Crippen molar-refractivity contribution in [3.05, 3.63) is 58.7 Å². The number of nitrogens with two attached hydrogens (primary N) is 2. The third-order valence-electron chi connectivity index (χ3n) is 4.15. The maximum absolute atomic E-state index is 14.2. The second kappa shape index (κ2) is 6.66. The van der Waals surface area contributed by atoms with Gasteiger partial charge in [-0.05, 0) is 35.2 Å². The monoisotopic (exact) mass is 366 g/mol. The Balaban J connectivity index is 2.10. The van der Waals surface area contributed by atoms with Crippen LogP contribution in [0.15, 0.2) is 29.3 Å². The fourth-order valence-corrected chi connectivity index (χ4v) is 2.96. The molecule has 5 nitrogen and oxygen atoms in total. The fourth-order valence-electron chi connectivity index (χ4n) is 2.96. The van der Waals surface area contributed by atoms with Crippen molar-refractivity contribution in [1.29, 1.82) is 0 Å². The van der Waals surface area contributed by atoms with Crippen LogP contribution in [-0.4, -0.2) is 23.4 Å². The van der Waals surface area contributed by atoms with E-state index in [4.69, 9.17) is 11.5 Å². The molecule has 0 aliphatic carbocycles. The van der Waals surface area contributed by atoms with Crippen LogP contribution in [0.5, 0.6) is 0 Å². The van der Waals surface area contributed by atoms with Gasteiger partial charge in [0.25, 0.3) is 0 Å². The van der Waals surface area contributed by atoms with E-state index in [-0.39, 0.29) is 36.2 Å². The van der Waals surface area contributed by atoms with Gasteiger partial charge in [-0.3, -0.25) is 0 Å². The summed E-state index contributed by atoms with van der Waals surface area (Å²) < 4.78 is 55.1. The Hall–Kier alpha value is -3.10. The first kappa shape index (κ1) is 17.7. The predicted molar refractivity (Wildman–Crippen MR) is 87.0 cm³/mol. The van der Waals surface area contributed by atoms with Crippen LogP contribution in [-0.2, 0) is 13.0 Å². The number of carbonyl (C=O) groups excluding carboxylic acids is 1. The molecular formula is C17H14F4N4O. The van der Waals surface area contributed by atoms with Gasteiger partial charge in [0.2, 0.25) is 0 Å². The summed E-state index contributed by atoms with van der Waals surface area (Å²) in [4.78, 5) is 16.7. The number of fused-ring (bicyclic) bond motifs is 1. The second-order valence-corrected chi connectivity index (χ2v) is 5.79. The highest BCUT2D eigenvalue weighted by atomic mass is 19.2. The highest BCUT2D eigenvalue weighted by molar-refractivity contribution is 5.90. The van der Waals surface area contributed by atoms with Gasteiger partial charge in [0.05, 0.1) is 0 Å². The van der Waals surface area contributed by atoms with E-state index >= 15 is 0 Å². The third-order valence-corrected chi connectivity index (χ3v) is 4.15. The SMILES string of the molecule is NC(N)=NC(=O)N1CCc2c(F)ccc(-c3cc(F)c(F)cc3F)c2C1. The molecule has 4 N–H and O–H groups in total. The van der Waals surface area contributed by atoms with Gasteiger partial charge in [0.15, 0.2) is 17.6 Å². The molecule has 1 heterocycles. The summed E-state index contributed by atoms with van der Waals surface area (Å²) in [5.74, 6) is -4.51. The summed E-state index contributed by atoms with van der Waals surface area (Å²) in [6.07, 6.45) is 0.145. The number of rotatable bonds is 1. The van der Waals surface area contributed by atoms with Crippen LogP contribution in [0.25, 0.3) is 11.1 Å². The average Bonchev–Trinajstić information content (AvgIpc) is 2.58. The number of nitrogens with zero attached hydrogens (tertiary/aromatic N) is 2. The first-order valence-corrected chi connectivity index (χ1v) is 7.61. The largest absolute Gasteiger partial charge is 0.370 e. The van der Waals surface area contributed by atoms with Crippen LogP contribution < -0.4 is 11.5 Å². The van der Waals surface area contributed by atoms with Crippen molar-refractivity contribution >= 4 is 12.0 Å². The van der Waals surface area contributed by atoms with Crippen molar-refractivity contribution in [1.82, 2.24) is 4.90 Å². The zero-order valence-corrected chi connectivity index (χ0v) is 13.4. The molecule has 0 aromatic heterocycles. The average molecular weight is 366 g/mol. The molecule has 1 aliphatic heterocycles. The van der Waals surface area contributed by atoms with Gasteiger partial charge in [0.1, 0.15) is 11.6 Å². The van der Waals surface area contributed by atoms with Crippen LogP contribution in [0.4, 0.5) is 22.4 Å². The lowest BCUT2D eigenvalue weighted by Crippen LogP contribution is -2.37. The van der Waals surface area contributed by atoms with Crippen molar-refractivity contribution in [2.75, 3.05) is 6.54 Å². The van der Waals surface area contributed by atoms with Crippen LogP contribution in [0.1, 0.15) is 11.1 Å². The topological polar surface area (TPSA) is 84.7 Å². The predicted octanol–water partition coefficient (Wildman–Crippen LogP) is 2.66. The zero-order valence-electron chi connectivity index (χ0n) is 13.4. The van der Waals surface area contributed by atoms with E-state index in [0.29, 0.717) is 17.7 Å².